The number of carboxylic acid groups (broad SMARTS) is 1. The summed E-state index contributed by atoms with van der Waals surface area (Å²) in [5.41, 5.74) is -0.234. The largest absolute Gasteiger partial charge is 0.481 e. The SMILES string of the molecule is CC[C@H](C)[C@H](NC(=O)OC(C)(C)C)C(=O)N[C@@H](CC(=O)O)C(=O)N1c2ncccc2C[C@H]1C(=O)NCc1nn[nH]n1. The van der Waals surface area contributed by atoms with E-state index in [4.69, 9.17) is 4.74 Å². The summed E-state index contributed by atoms with van der Waals surface area (Å²) < 4.78 is 5.27. The van der Waals surface area contributed by atoms with Crippen LogP contribution >= 0.6 is 0 Å². The molecule has 0 aromatic carbocycles. The van der Waals surface area contributed by atoms with Crippen LogP contribution in [0.15, 0.2) is 18.3 Å². The molecule has 2 aromatic heterocycles. The molecule has 0 bridgehead atoms. The van der Waals surface area contributed by atoms with Crippen molar-refractivity contribution in [3.63, 3.8) is 0 Å². The Kier molecular flexibility index (Phi) is 9.91. The number of carbonyl (C=O) groups is 5. The lowest BCUT2D eigenvalue weighted by molar-refractivity contribution is -0.140. The highest BCUT2D eigenvalue weighted by molar-refractivity contribution is 6.07. The maximum absolute atomic E-state index is 13.9. The highest BCUT2D eigenvalue weighted by atomic mass is 16.6. The Morgan fingerprint density at radius 2 is 1.95 bits per heavy atom. The van der Waals surface area contributed by atoms with E-state index in [-0.39, 0.29) is 30.5 Å². The number of fused-ring (bicyclic) bond motifs is 1. The second-order valence-electron chi connectivity index (χ2n) is 10.6. The average molecular weight is 574 g/mol. The van der Waals surface area contributed by atoms with Crippen molar-refractivity contribution in [1.29, 1.82) is 0 Å². The second-order valence-corrected chi connectivity index (χ2v) is 10.6. The van der Waals surface area contributed by atoms with E-state index in [9.17, 15) is 29.1 Å². The first-order valence-electron chi connectivity index (χ1n) is 13.1. The molecule has 16 nitrogen and oxygen atoms in total. The molecule has 16 heteroatoms. The van der Waals surface area contributed by atoms with E-state index in [2.05, 4.69) is 41.6 Å². The number of carboxylic acids is 1. The minimum Gasteiger partial charge on any atom is -0.481 e. The zero-order valence-corrected chi connectivity index (χ0v) is 23.5. The Morgan fingerprint density at radius 1 is 1.22 bits per heavy atom. The number of ether oxygens (including phenoxy) is 1. The molecule has 4 amide bonds. The van der Waals surface area contributed by atoms with E-state index in [0.29, 0.717) is 12.0 Å². The van der Waals surface area contributed by atoms with E-state index >= 15 is 0 Å². The van der Waals surface area contributed by atoms with E-state index in [0.717, 1.165) is 4.90 Å². The minimum atomic E-state index is -1.58. The number of nitrogens with one attached hydrogen (secondary N) is 4. The van der Waals surface area contributed by atoms with Gasteiger partial charge in [0, 0.05) is 12.6 Å². The third-order valence-corrected chi connectivity index (χ3v) is 6.33. The van der Waals surface area contributed by atoms with Crippen molar-refractivity contribution in [3.05, 3.63) is 29.7 Å². The number of nitrogens with zero attached hydrogens (tertiary/aromatic N) is 5. The predicted octanol–water partition coefficient (Wildman–Crippen LogP) is 0.0677. The molecule has 4 atom stereocenters. The number of alkyl carbamates (subject to hydrolysis) is 1. The van der Waals surface area contributed by atoms with Crippen molar-refractivity contribution in [2.45, 2.75) is 84.2 Å². The van der Waals surface area contributed by atoms with Crippen molar-refractivity contribution in [2.75, 3.05) is 4.90 Å². The van der Waals surface area contributed by atoms with Crippen LogP contribution in [0.1, 0.15) is 58.8 Å². The number of H-pyrrole nitrogens is 1. The maximum Gasteiger partial charge on any atom is 0.408 e. The van der Waals surface area contributed by atoms with Crippen LogP contribution in [0.4, 0.5) is 10.6 Å². The van der Waals surface area contributed by atoms with Crippen LogP contribution in [0.25, 0.3) is 0 Å². The van der Waals surface area contributed by atoms with Gasteiger partial charge in [0.25, 0.3) is 5.91 Å². The molecule has 2 aromatic rings. The molecule has 1 aliphatic heterocycles. The maximum atomic E-state index is 13.9. The number of rotatable bonds is 11. The van der Waals surface area contributed by atoms with Crippen molar-refractivity contribution in [2.24, 2.45) is 5.92 Å². The number of carbonyl (C=O) groups excluding carboxylic acids is 4. The van der Waals surface area contributed by atoms with Crippen LogP contribution in [0.3, 0.4) is 0 Å². The molecule has 0 spiro atoms. The third-order valence-electron chi connectivity index (χ3n) is 6.33. The van der Waals surface area contributed by atoms with Crippen LogP contribution in [0, 0.1) is 5.92 Å². The molecule has 0 saturated carbocycles. The Morgan fingerprint density at radius 3 is 2.56 bits per heavy atom. The molecule has 1 aliphatic rings. The Hall–Kier alpha value is -4.63. The summed E-state index contributed by atoms with van der Waals surface area (Å²) in [6, 6.07) is -0.442. The van der Waals surface area contributed by atoms with Crippen LogP contribution < -0.4 is 20.9 Å². The first kappa shape index (κ1) is 30.9. The van der Waals surface area contributed by atoms with Gasteiger partial charge in [-0.2, -0.15) is 5.21 Å². The van der Waals surface area contributed by atoms with Crippen LogP contribution in [-0.4, -0.2) is 84.2 Å². The van der Waals surface area contributed by atoms with E-state index in [1.165, 1.54) is 6.20 Å². The second kappa shape index (κ2) is 13.1. The van der Waals surface area contributed by atoms with Gasteiger partial charge in [-0.1, -0.05) is 31.5 Å². The van der Waals surface area contributed by atoms with Gasteiger partial charge in [0.05, 0.1) is 13.0 Å². The first-order valence-corrected chi connectivity index (χ1v) is 13.1. The Labute approximate surface area is 236 Å². The minimum absolute atomic E-state index is 0.0696. The van der Waals surface area contributed by atoms with Gasteiger partial charge in [-0.05, 0) is 38.3 Å². The molecule has 0 unspecified atom stereocenters. The number of aliphatic carboxylic acids is 1. The lowest BCUT2D eigenvalue weighted by Gasteiger charge is -2.30. The van der Waals surface area contributed by atoms with Gasteiger partial charge >= 0.3 is 12.1 Å². The summed E-state index contributed by atoms with van der Waals surface area (Å²) in [4.78, 5) is 70.0. The molecule has 41 heavy (non-hydrogen) atoms. The van der Waals surface area contributed by atoms with Crippen molar-refractivity contribution in [3.8, 4) is 0 Å². The number of amides is 4. The summed E-state index contributed by atoms with van der Waals surface area (Å²) in [7, 11) is 0. The van der Waals surface area contributed by atoms with Crippen LogP contribution in [0.2, 0.25) is 0 Å². The van der Waals surface area contributed by atoms with E-state index in [1.54, 1.807) is 39.8 Å². The van der Waals surface area contributed by atoms with Gasteiger partial charge in [0.2, 0.25) is 11.8 Å². The van der Waals surface area contributed by atoms with Crippen molar-refractivity contribution in [1.82, 2.24) is 41.6 Å². The monoisotopic (exact) mass is 573 g/mol. The number of aromatic amines is 1. The normalized spacial score (nSPS) is 16.6. The molecule has 0 saturated heterocycles. The number of tetrazole rings is 1. The summed E-state index contributed by atoms with van der Waals surface area (Å²) in [6.45, 7) is 8.47. The molecule has 0 aliphatic carbocycles. The molecule has 3 rings (SSSR count). The summed E-state index contributed by atoms with van der Waals surface area (Å²) in [5, 5.41) is 30.5. The zero-order chi connectivity index (χ0) is 30.3. The number of hydrogen-bond acceptors (Lipinski definition) is 10. The number of pyridine rings is 1. The van der Waals surface area contributed by atoms with Gasteiger partial charge in [0.1, 0.15) is 29.5 Å². The van der Waals surface area contributed by atoms with E-state index in [1.807, 2.05) is 6.92 Å². The highest BCUT2D eigenvalue weighted by Crippen LogP contribution is 2.31. The summed E-state index contributed by atoms with van der Waals surface area (Å²) in [5.74, 6) is -3.54. The molecule has 0 radical (unpaired) electrons. The standard InChI is InChI=1S/C25H35N9O7/c1-6-13(2)19(29-24(40)41-25(3,4)5)22(38)28-15(11-18(35)36)23(39)34-16(10-14-8-7-9-26-20(14)34)21(37)27-12-17-30-32-33-31-17/h7-9,13,15-16,19H,6,10-12H2,1-5H3,(H,27,37)(H,28,38)(H,29,40)(H,35,36)(H,30,31,32,33)/t13-,15-,16-,19-/m0/s1. The van der Waals surface area contributed by atoms with Crippen LogP contribution in [0.5, 0.6) is 0 Å². The molecule has 5 N–H and O–H groups in total. The van der Waals surface area contributed by atoms with Crippen molar-refractivity contribution >= 4 is 35.6 Å². The predicted molar refractivity (Wildman–Crippen MR) is 142 cm³/mol. The topological polar surface area (TPSA) is 221 Å². The van der Waals surface area contributed by atoms with Gasteiger partial charge in [-0.3, -0.25) is 24.1 Å². The fraction of sp³-hybridized carbons (Fsp3) is 0.560. The highest BCUT2D eigenvalue weighted by Gasteiger charge is 2.43. The zero-order valence-electron chi connectivity index (χ0n) is 23.5. The Balaban J connectivity index is 1.86. The molecule has 222 valence electrons. The molecular weight excluding hydrogens is 538 g/mol. The third kappa shape index (κ3) is 8.18. The fourth-order valence-corrected chi connectivity index (χ4v) is 4.20. The first-order chi connectivity index (χ1) is 19.3. The number of aromatic nitrogens is 5. The van der Waals surface area contributed by atoms with Crippen molar-refractivity contribution < 1.29 is 33.8 Å². The van der Waals surface area contributed by atoms with Gasteiger partial charge < -0.3 is 25.8 Å². The van der Waals surface area contributed by atoms with Gasteiger partial charge in [-0.15, -0.1) is 10.2 Å². The van der Waals surface area contributed by atoms with Crippen LogP contribution in [-0.2, 0) is 36.9 Å². The Bertz CT molecular complexity index is 1260. The summed E-state index contributed by atoms with van der Waals surface area (Å²) in [6.07, 6.45) is 0.413. The summed E-state index contributed by atoms with van der Waals surface area (Å²) >= 11 is 0. The fourth-order valence-electron chi connectivity index (χ4n) is 4.20. The number of anilines is 1. The molecule has 3 heterocycles. The van der Waals surface area contributed by atoms with E-state index < -0.39 is 59.9 Å². The lowest BCUT2D eigenvalue weighted by Crippen LogP contribution is -2.59. The van der Waals surface area contributed by atoms with Gasteiger partial charge in [-0.25, -0.2) is 9.78 Å². The molecule has 0 fully saturated rings. The molecular formula is C25H35N9O7. The number of hydrogen-bond donors (Lipinski definition) is 5. The quantitative estimate of drug-likeness (QED) is 0.242. The average Bonchev–Trinajstić information content (AvgIpc) is 3.56. The van der Waals surface area contributed by atoms with Gasteiger partial charge in [0.15, 0.2) is 5.82 Å². The smallest absolute Gasteiger partial charge is 0.408 e. The lowest BCUT2D eigenvalue weighted by atomic mass is 9.98.